The first-order valence-corrected chi connectivity index (χ1v) is 5.37. The minimum atomic E-state index is -0.310. The van der Waals surface area contributed by atoms with Crippen LogP contribution >= 0.6 is 0 Å². The third-order valence-electron chi connectivity index (χ3n) is 2.53. The number of aryl methyl sites for hydroxylation is 1. The summed E-state index contributed by atoms with van der Waals surface area (Å²) in [6.07, 6.45) is 2.05. The summed E-state index contributed by atoms with van der Waals surface area (Å²) < 4.78 is 0. The number of aromatic hydroxyl groups is 1. The normalized spacial score (nSPS) is 10.5. The zero-order chi connectivity index (χ0) is 12.4. The van der Waals surface area contributed by atoms with Gasteiger partial charge in [0.1, 0.15) is 5.82 Å². The molecule has 2 aromatic rings. The zero-order valence-electron chi connectivity index (χ0n) is 9.69. The molecular formula is C12H13N3O2. The van der Waals surface area contributed by atoms with Crippen molar-refractivity contribution < 1.29 is 5.11 Å². The van der Waals surface area contributed by atoms with Crippen molar-refractivity contribution >= 4 is 0 Å². The third-order valence-corrected chi connectivity index (χ3v) is 2.53. The second-order valence-corrected chi connectivity index (χ2v) is 3.76. The van der Waals surface area contributed by atoms with Gasteiger partial charge in [0.05, 0.1) is 5.56 Å². The molecule has 0 saturated heterocycles. The van der Waals surface area contributed by atoms with E-state index in [1.165, 1.54) is 0 Å². The van der Waals surface area contributed by atoms with Crippen LogP contribution in [0.1, 0.15) is 18.2 Å². The van der Waals surface area contributed by atoms with E-state index in [0.717, 1.165) is 5.69 Å². The zero-order valence-corrected chi connectivity index (χ0v) is 9.69. The molecule has 0 spiro atoms. The van der Waals surface area contributed by atoms with Gasteiger partial charge in [0, 0.05) is 17.5 Å². The van der Waals surface area contributed by atoms with E-state index in [1.807, 2.05) is 13.0 Å². The van der Waals surface area contributed by atoms with Crippen molar-refractivity contribution in [2.75, 3.05) is 0 Å². The lowest BCUT2D eigenvalue weighted by Crippen LogP contribution is -2.14. The van der Waals surface area contributed by atoms with Gasteiger partial charge in [-0.25, -0.2) is 0 Å². The lowest BCUT2D eigenvalue weighted by molar-refractivity contribution is 0.444. The first kappa shape index (κ1) is 11.3. The molecule has 88 valence electrons. The van der Waals surface area contributed by atoms with E-state index in [9.17, 15) is 9.90 Å². The Kier molecular flexibility index (Phi) is 2.91. The molecular weight excluding hydrogens is 218 g/mol. The molecule has 0 aromatic carbocycles. The van der Waals surface area contributed by atoms with Gasteiger partial charge in [-0.1, -0.05) is 6.92 Å². The number of rotatable bonds is 2. The molecule has 5 heteroatoms. The second kappa shape index (κ2) is 4.37. The first-order chi connectivity index (χ1) is 8.11. The molecule has 0 aliphatic rings. The van der Waals surface area contributed by atoms with Crippen molar-refractivity contribution in [2.45, 2.75) is 20.3 Å². The minimum absolute atomic E-state index is 0.216. The van der Waals surface area contributed by atoms with Gasteiger partial charge in [-0.3, -0.25) is 9.78 Å². The van der Waals surface area contributed by atoms with Crippen LogP contribution in [-0.4, -0.2) is 20.1 Å². The molecule has 5 nitrogen and oxygen atoms in total. The number of aromatic nitrogens is 3. The van der Waals surface area contributed by atoms with Crippen molar-refractivity contribution in [1.29, 1.82) is 0 Å². The van der Waals surface area contributed by atoms with Gasteiger partial charge in [0.2, 0.25) is 5.88 Å². The van der Waals surface area contributed by atoms with E-state index in [1.54, 1.807) is 19.2 Å². The van der Waals surface area contributed by atoms with Crippen molar-refractivity contribution in [3.05, 3.63) is 39.9 Å². The average molecular weight is 231 g/mol. The summed E-state index contributed by atoms with van der Waals surface area (Å²) in [5, 5.41) is 9.64. The van der Waals surface area contributed by atoms with Crippen LogP contribution in [-0.2, 0) is 6.42 Å². The number of nitrogens with zero attached hydrogens (tertiary/aromatic N) is 2. The summed E-state index contributed by atoms with van der Waals surface area (Å²) in [4.78, 5) is 22.4. The Labute approximate surface area is 98.2 Å². The topological polar surface area (TPSA) is 78.9 Å². The molecule has 0 saturated carbocycles. The van der Waals surface area contributed by atoms with Crippen LogP contribution in [0.3, 0.4) is 0 Å². The Balaban J connectivity index is 2.54. The summed E-state index contributed by atoms with van der Waals surface area (Å²) in [5.74, 6) is 0.115. The Hall–Kier alpha value is -2.17. The molecule has 0 aliphatic carbocycles. The number of hydrogen-bond donors (Lipinski definition) is 2. The largest absolute Gasteiger partial charge is 0.493 e. The molecule has 0 atom stereocenters. The van der Waals surface area contributed by atoms with Crippen LogP contribution in [0, 0.1) is 6.92 Å². The first-order valence-electron chi connectivity index (χ1n) is 5.37. The molecule has 0 unspecified atom stereocenters. The summed E-state index contributed by atoms with van der Waals surface area (Å²) in [5.41, 5.74) is 1.54. The second-order valence-electron chi connectivity index (χ2n) is 3.76. The van der Waals surface area contributed by atoms with Gasteiger partial charge in [-0.15, -0.1) is 0 Å². The van der Waals surface area contributed by atoms with Gasteiger partial charge in [0.25, 0.3) is 5.56 Å². The van der Waals surface area contributed by atoms with Crippen LogP contribution in [0.25, 0.3) is 11.4 Å². The van der Waals surface area contributed by atoms with E-state index < -0.39 is 0 Å². The highest BCUT2D eigenvalue weighted by molar-refractivity contribution is 5.54. The number of H-pyrrole nitrogens is 1. The van der Waals surface area contributed by atoms with E-state index in [0.29, 0.717) is 23.4 Å². The fraction of sp³-hybridized carbons (Fsp3) is 0.250. The molecule has 2 heterocycles. The number of hydrogen-bond acceptors (Lipinski definition) is 4. The summed E-state index contributed by atoms with van der Waals surface area (Å²) >= 11 is 0. The third kappa shape index (κ3) is 2.18. The molecule has 0 bridgehead atoms. The van der Waals surface area contributed by atoms with Crippen molar-refractivity contribution in [3.8, 4) is 17.3 Å². The highest BCUT2D eigenvalue weighted by atomic mass is 16.3. The number of aromatic amines is 1. The summed E-state index contributed by atoms with van der Waals surface area (Å²) in [7, 11) is 0. The maximum absolute atomic E-state index is 11.7. The van der Waals surface area contributed by atoms with E-state index in [4.69, 9.17) is 0 Å². The molecule has 2 N–H and O–H groups in total. The number of nitrogens with one attached hydrogen (secondary N) is 1. The van der Waals surface area contributed by atoms with Crippen LogP contribution < -0.4 is 5.56 Å². The van der Waals surface area contributed by atoms with E-state index in [-0.39, 0.29) is 11.4 Å². The molecule has 2 aromatic heterocycles. The van der Waals surface area contributed by atoms with Gasteiger partial charge >= 0.3 is 0 Å². The van der Waals surface area contributed by atoms with E-state index in [2.05, 4.69) is 15.0 Å². The van der Waals surface area contributed by atoms with Crippen LogP contribution in [0.2, 0.25) is 0 Å². The fourth-order valence-electron chi connectivity index (χ4n) is 1.55. The predicted octanol–water partition coefficient (Wildman–Crippen LogP) is 1.41. The van der Waals surface area contributed by atoms with Crippen molar-refractivity contribution in [2.24, 2.45) is 0 Å². The monoisotopic (exact) mass is 231 g/mol. The predicted molar refractivity (Wildman–Crippen MR) is 63.9 cm³/mol. The van der Waals surface area contributed by atoms with Gasteiger partial charge in [0.15, 0.2) is 0 Å². The highest BCUT2D eigenvalue weighted by Crippen LogP contribution is 2.17. The summed E-state index contributed by atoms with van der Waals surface area (Å²) in [6.45, 7) is 3.66. The SMILES string of the molecule is CCc1c(O)nc(-c2ccc(C)nc2)[nH]c1=O. The van der Waals surface area contributed by atoms with Crippen LogP contribution in [0.5, 0.6) is 5.88 Å². The Morgan fingerprint density at radius 2 is 2.18 bits per heavy atom. The molecule has 0 fully saturated rings. The molecule has 0 radical (unpaired) electrons. The Morgan fingerprint density at radius 1 is 1.41 bits per heavy atom. The van der Waals surface area contributed by atoms with Crippen LogP contribution in [0.4, 0.5) is 0 Å². The molecule has 0 aliphatic heterocycles. The van der Waals surface area contributed by atoms with Crippen molar-refractivity contribution in [3.63, 3.8) is 0 Å². The number of pyridine rings is 1. The van der Waals surface area contributed by atoms with Crippen molar-refractivity contribution in [1.82, 2.24) is 15.0 Å². The smallest absolute Gasteiger partial charge is 0.258 e. The molecule has 0 amide bonds. The molecule has 17 heavy (non-hydrogen) atoms. The van der Waals surface area contributed by atoms with Gasteiger partial charge < -0.3 is 10.1 Å². The van der Waals surface area contributed by atoms with E-state index >= 15 is 0 Å². The Bertz CT molecular complexity index is 588. The lowest BCUT2D eigenvalue weighted by atomic mass is 10.2. The minimum Gasteiger partial charge on any atom is -0.493 e. The standard InChI is InChI=1S/C12H13N3O2/c1-3-9-11(16)14-10(15-12(9)17)8-5-4-7(2)13-6-8/h4-6H,3H2,1-2H3,(H2,14,15,16,17). The average Bonchev–Trinajstić information content (AvgIpc) is 2.29. The fourth-order valence-corrected chi connectivity index (χ4v) is 1.55. The highest BCUT2D eigenvalue weighted by Gasteiger charge is 2.09. The molecule has 2 rings (SSSR count). The maximum Gasteiger partial charge on any atom is 0.258 e. The van der Waals surface area contributed by atoms with Gasteiger partial charge in [-0.2, -0.15) is 4.98 Å². The van der Waals surface area contributed by atoms with Crippen LogP contribution in [0.15, 0.2) is 23.1 Å². The van der Waals surface area contributed by atoms with Gasteiger partial charge in [-0.05, 0) is 25.5 Å². The summed E-state index contributed by atoms with van der Waals surface area (Å²) in [6, 6.07) is 3.62. The maximum atomic E-state index is 11.7. The lowest BCUT2D eigenvalue weighted by Gasteiger charge is -2.04. The quantitative estimate of drug-likeness (QED) is 0.819. The Morgan fingerprint density at radius 3 is 2.71 bits per heavy atom.